The molecule has 2 aliphatic carbocycles. The first kappa shape index (κ1) is 30.8. The number of allylic oxidation sites excluding steroid dienone is 3. The normalized spacial score (nSPS) is 20.5. The Bertz CT molecular complexity index is 1800. The van der Waals surface area contributed by atoms with Gasteiger partial charge in [-0.25, -0.2) is 0 Å². The van der Waals surface area contributed by atoms with Crippen molar-refractivity contribution in [2.75, 3.05) is 12.3 Å². The molecule has 1 aliphatic heterocycles. The van der Waals surface area contributed by atoms with Crippen LogP contribution in [0.5, 0.6) is 5.75 Å². The van der Waals surface area contributed by atoms with Gasteiger partial charge in [-0.3, -0.25) is 4.79 Å². The number of nitroso groups, excluding NO2 is 1. The molecular weight excluding hydrogens is 584 g/mol. The number of Topliss-reactive ketones (excluding diaryl/α,β-unsaturated/α-hetero) is 1. The summed E-state index contributed by atoms with van der Waals surface area (Å²) in [5.41, 5.74) is 14.9. The average molecular weight is 625 g/mol. The van der Waals surface area contributed by atoms with E-state index in [2.05, 4.69) is 66.4 Å². The van der Waals surface area contributed by atoms with Crippen molar-refractivity contribution in [2.24, 2.45) is 5.18 Å². The van der Waals surface area contributed by atoms with Crippen molar-refractivity contribution in [1.29, 1.82) is 0 Å². The van der Waals surface area contributed by atoms with Crippen LogP contribution in [-0.2, 0) is 17.8 Å². The lowest BCUT2D eigenvalue weighted by molar-refractivity contribution is 0.0992. The molecule has 4 aromatic rings. The van der Waals surface area contributed by atoms with Gasteiger partial charge in [0.25, 0.3) is 0 Å². The molecule has 6 nitrogen and oxygen atoms in total. The third-order valence-corrected chi connectivity index (χ3v) is 9.87. The van der Waals surface area contributed by atoms with Gasteiger partial charge in [0.05, 0.1) is 6.10 Å². The van der Waals surface area contributed by atoms with Gasteiger partial charge in [-0.2, -0.15) is 0 Å². The summed E-state index contributed by atoms with van der Waals surface area (Å²) in [6.45, 7) is 5.44. The summed E-state index contributed by atoms with van der Waals surface area (Å²) < 4.78 is 12.2. The number of nitrogens with zero attached hydrogens (tertiary/aromatic N) is 1. The first-order chi connectivity index (χ1) is 23.0. The Morgan fingerprint density at radius 1 is 0.979 bits per heavy atom. The Balaban J connectivity index is 1.06. The summed E-state index contributed by atoms with van der Waals surface area (Å²) in [6.07, 6.45) is 11.0. The number of rotatable bonds is 14. The number of hydrogen-bond acceptors (Lipinski definition) is 6. The Morgan fingerprint density at radius 3 is 2.47 bits per heavy atom. The zero-order valence-corrected chi connectivity index (χ0v) is 26.5. The number of nitrogens with two attached hydrogens (primary N) is 1. The summed E-state index contributed by atoms with van der Waals surface area (Å²) in [6, 6.07) is 27.8. The highest BCUT2D eigenvalue weighted by Gasteiger charge is 2.41. The molecule has 2 N–H and O–H groups in total. The quantitative estimate of drug-likeness (QED) is 0.0653. The fraction of sp³-hybridized carbons (Fsp3) is 0.293. The zero-order chi connectivity index (χ0) is 32.3. The molecule has 2 fully saturated rings. The number of carbonyl (C=O) groups is 1. The van der Waals surface area contributed by atoms with Crippen LogP contribution in [0.15, 0.2) is 115 Å². The Labute approximate surface area is 276 Å². The molecule has 0 bridgehead atoms. The Kier molecular flexibility index (Phi) is 8.86. The van der Waals surface area contributed by atoms with Crippen LogP contribution in [0.1, 0.15) is 93.1 Å². The fourth-order valence-electron chi connectivity index (χ4n) is 6.95. The maximum absolute atomic E-state index is 13.2. The fourth-order valence-corrected chi connectivity index (χ4v) is 6.95. The Morgan fingerprint density at radius 2 is 1.77 bits per heavy atom. The van der Waals surface area contributed by atoms with Gasteiger partial charge in [0.15, 0.2) is 5.78 Å². The van der Waals surface area contributed by atoms with Crippen LogP contribution in [0.3, 0.4) is 0 Å². The lowest BCUT2D eigenvalue weighted by Crippen LogP contribution is -2.12. The highest BCUT2D eigenvalue weighted by Crippen LogP contribution is 2.56. The molecule has 4 unspecified atom stereocenters. The third kappa shape index (κ3) is 7.13. The Hall–Kier alpha value is -4.81. The van der Waals surface area contributed by atoms with Crippen LogP contribution in [0.2, 0.25) is 0 Å². The highest BCUT2D eigenvalue weighted by atomic mass is 16.5. The average Bonchev–Trinajstić information content (AvgIpc) is 4.05. The zero-order valence-electron chi connectivity index (χ0n) is 26.5. The van der Waals surface area contributed by atoms with Gasteiger partial charge in [-0.1, -0.05) is 72.8 Å². The molecule has 0 spiro atoms. The molecule has 3 aliphatic rings. The summed E-state index contributed by atoms with van der Waals surface area (Å²) >= 11 is 0. The van der Waals surface area contributed by atoms with Crippen molar-refractivity contribution in [1.82, 2.24) is 0 Å². The van der Waals surface area contributed by atoms with E-state index in [-0.39, 0.29) is 17.8 Å². The first-order valence-electron chi connectivity index (χ1n) is 16.6. The minimum Gasteiger partial charge on any atom is -0.489 e. The molecule has 7 rings (SSSR count). The van der Waals surface area contributed by atoms with E-state index < -0.39 is 0 Å². The summed E-state index contributed by atoms with van der Waals surface area (Å²) in [5, 5.41) is 2.98. The van der Waals surface area contributed by atoms with Crippen molar-refractivity contribution in [2.45, 2.75) is 68.5 Å². The van der Waals surface area contributed by atoms with E-state index in [9.17, 15) is 9.70 Å². The summed E-state index contributed by atoms with van der Waals surface area (Å²) in [5.74, 6) is 2.19. The van der Waals surface area contributed by atoms with Crippen molar-refractivity contribution in [3.8, 4) is 5.75 Å². The van der Waals surface area contributed by atoms with Gasteiger partial charge in [0, 0.05) is 36.1 Å². The molecule has 0 amide bonds. The third-order valence-electron chi connectivity index (χ3n) is 9.87. The van der Waals surface area contributed by atoms with Crippen LogP contribution in [0.25, 0.3) is 0 Å². The maximum Gasteiger partial charge on any atom is 0.167 e. The van der Waals surface area contributed by atoms with Gasteiger partial charge < -0.3 is 15.2 Å². The van der Waals surface area contributed by atoms with E-state index in [0.717, 1.165) is 49.2 Å². The smallest absolute Gasteiger partial charge is 0.167 e. The highest BCUT2D eigenvalue weighted by molar-refractivity contribution is 5.98. The molecule has 4 atom stereocenters. The molecule has 238 valence electrons. The number of anilines is 1. The monoisotopic (exact) mass is 624 g/mol. The van der Waals surface area contributed by atoms with Gasteiger partial charge in [0.2, 0.25) is 0 Å². The summed E-state index contributed by atoms with van der Waals surface area (Å²) in [4.78, 5) is 24.0. The molecule has 47 heavy (non-hydrogen) atoms. The van der Waals surface area contributed by atoms with Gasteiger partial charge in [0.1, 0.15) is 18.0 Å². The van der Waals surface area contributed by atoms with E-state index in [1.165, 1.54) is 22.3 Å². The first-order valence-corrected chi connectivity index (χ1v) is 16.6. The SMILES string of the molecule is C=CC(CC1CCCO1)c1cc(OCc2ccc(N=O)cc2)ccc1C1CC1c1ccc(C(=O)Cc2cc(C3C=C3)ccc2N)cc1. The number of hydrogen-bond donors (Lipinski definition) is 1. The van der Waals surface area contributed by atoms with Gasteiger partial charge in [-0.15, -0.1) is 11.5 Å². The van der Waals surface area contributed by atoms with Crippen LogP contribution in [0.4, 0.5) is 11.4 Å². The van der Waals surface area contributed by atoms with Crippen molar-refractivity contribution in [3.05, 3.63) is 154 Å². The number of ketones is 1. The minimum atomic E-state index is 0.0775. The van der Waals surface area contributed by atoms with Crippen molar-refractivity contribution >= 4 is 17.2 Å². The predicted molar refractivity (Wildman–Crippen MR) is 187 cm³/mol. The topological polar surface area (TPSA) is 91.0 Å². The molecule has 0 radical (unpaired) electrons. The second kappa shape index (κ2) is 13.5. The second-order valence-corrected chi connectivity index (χ2v) is 13.1. The van der Waals surface area contributed by atoms with Gasteiger partial charge >= 0.3 is 0 Å². The molecule has 6 heteroatoms. The maximum atomic E-state index is 13.2. The van der Waals surface area contributed by atoms with Crippen LogP contribution in [-0.4, -0.2) is 18.5 Å². The van der Waals surface area contributed by atoms with E-state index in [4.69, 9.17) is 15.2 Å². The van der Waals surface area contributed by atoms with Crippen LogP contribution >= 0.6 is 0 Å². The minimum absolute atomic E-state index is 0.0775. The van der Waals surface area contributed by atoms with Crippen molar-refractivity contribution in [3.63, 3.8) is 0 Å². The molecule has 0 aromatic heterocycles. The molecule has 1 saturated carbocycles. The largest absolute Gasteiger partial charge is 0.489 e. The van der Waals surface area contributed by atoms with E-state index in [1.807, 2.05) is 36.4 Å². The lowest BCUT2D eigenvalue weighted by atomic mass is 9.86. The van der Waals surface area contributed by atoms with E-state index in [1.54, 1.807) is 12.1 Å². The number of benzene rings is 4. The predicted octanol–water partition coefficient (Wildman–Crippen LogP) is 9.43. The van der Waals surface area contributed by atoms with Crippen LogP contribution in [0, 0.1) is 4.91 Å². The lowest BCUT2D eigenvalue weighted by Gasteiger charge is -2.22. The van der Waals surface area contributed by atoms with Crippen LogP contribution < -0.4 is 10.5 Å². The van der Waals surface area contributed by atoms with E-state index in [0.29, 0.717) is 47.7 Å². The molecule has 1 saturated heterocycles. The molecule has 1 heterocycles. The number of nitrogen functional groups attached to an aromatic ring is 1. The molecular formula is C41H40N2O4. The van der Waals surface area contributed by atoms with E-state index >= 15 is 0 Å². The standard InChI is InChI=1S/C41H40N2O4/c1-2-27(21-34-4-3-19-46-34)37-23-35(47-25-26-5-14-33(43-45)15-6-26)16-17-36(37)39-24-38(39)29-9-11-30(12-10-29)41(44)22-32-20-31(28-7-8-28)13-18-40(32)42/h2,5-18,20,23,27-28,34,38-39H,1,3-4,19,21-22,24-25,42H2. The number of carbonyl (C=O) groups excluding carboxylic acids is 1. The summed E-state index contributed by atoms with van der Waals surface area (Å²) in [7, 11) is 0. The van der Waals surface area contributed by atoms with Gasteiger partial charge in [-0.05, 0) is 106 Å². The number of ether oxygens (including phenoxy) is 2. The second-order valence-electron chi connectivity index (χ2n) is 13.1. The molecule has 4 aromatic carbocycles. The van der Waals surface area contributed by atoms with Crippen molar-refractivity contribution < 1.29 is 14.3 Å².